The van der Waals surface area contributed by atoms with Gasteiger partial charge in [0.1, 0.15) is 6.17 Å². The summed E-state index contributed by atoms with van der Waals surface area (Å²) in [6.45, 7) is 2.99. The van der Waals surface area contributed by atoms with Crippen LogP contribution < -0.4 is 10.6 Å². The lowest BCUT2D eigenvalue weighted by Gasteiger charge is -2.06. The molecule has 0 aliphatic rings. The van der Waals surface area contributed by atoms with Crippen LogP contribution in [0.15, 0.2) is 0 Å². The van der Waals surface area contributed by atoms with Crippen molar-refractivity contribution in [3.05, 3.63) is 0 Å². The number of hydrogen-bond acceptors (Lipinski definition) is 2. The van der Waals surface area contributed by atoms with Gasteiger partial charge in [0.2, 0.25) is 12.3 Å². The summed E-state index contributed by atoms with van der Waals surface area (Å²) in [6, 6.07) is 0. The van der Waals surface area contributed by atoms with Crippen LogP contribution in [-0.2, 0) is 9.59 Å². The molecule has 1 atom stereocenters. The van der Waals surface area contributed by atoms with Crippen LogP contribution in [0.5, 0.6) is 0 Å². The van der Waals surface area contributed by atoms with Crippen LogP contribution in [0.25, 0.3) is 0 Å². The maximum absolute atomic E-state index is 10.2. The highest BCUT2D eigenvalue weighted by Gasteiger charge is 1.99. The standard InChI is InChI=1S/C5H9N2O2/c1-4(6-3-8)7-5(2)9/h3-4H,1-2H3,(H,7,9). The zero-order valence-corrected chi connectivity index (χ0v) is 5.42. The highest BCUT2D eigenvalue weighted by atomic mass is 16.2. The Labute approximate surface area is 53.6 Å². The second kappa shape index (κ2) is 3.88. The van der Waals surface area contributed by atoms with Crippen molar-refractivity contribution in [1.29, 1.82) is 0 Å². The Morgan fingerprint density at radius 2 is 2.33 bits per heavy atom. The van der Waals surface area contributed by atoms with E-state index in [0.717, 1.165) is 0 Å². The molecule has 1 N–H and O–H groups in total. The number of amides is 2. The van der Waals surface area contributed by atoms with E-state index >= 15 is 0 Å². The summed E-state index contributed by atoms with van der Waals surface area (Å²) in [5.41, 5.74) is 0. The summed E-state index contributed by atoms with van der Waals surface area (Å²) in [4.78, 5) is 19.9. The number of carbonyl (C=O) groups is 2. The average Bonchev–Trinajstić information content (AvgIpc) is 1.63. The fourth-order valence-corrected chi connectivity index (χ4v) is 0.423. The highest BCUT2D eigenvalue weighted by molar-refractivity contribution is 5.73. The van der Waals surface area contributed by atoms with Crippen molar-refractivity contribution in [1.82, 2.24) is 10.6 Å². The van der Waals surface area contributed by atoms with Crippen molar-refractivity contribution in [3.63, 3.8) is 0 Å². The molecule has 0 spiro atoms. The van der Waals surface area contributed by atoms with Crippen LogP contribution in [0, 0.1) is 0 Å². The lowest BCUT2D eigenvalue weighted by Crippen LogP contribution is -2.37. The predicted octanol–water partition coefficient (Wildman–Crippen LogP) is -0.771. The number of carbonyl (C=O) groups excluding carboxylic acids is 2. The van der Waals surface area contributed by atoms with Gasteiger partial charge >= 0.3 is 0 Å². The Bertz CT molecular complexity index is 114. The molecule has 0 aromatic carbocycles. The van der Waals surface area contributed by atoms with Gasteiger partial charge in [-0.25, -0.2) is 5.32 Å². The smallest absolute Gasteiger partial charge is 0.230 e. The molecule has 4 nitrogen and oxygen atoms in total. The summed E-state index contributed by atoms with van der Waals surface area (Å²) in [6.07, 6.45) is 0.0145. The molecule has 0 aliphatic carbocycles. The maximum Gasteiger partial charge on any atom is 0.230 e. The van der Waals surface area contributed by atoms with E-state index in [1.54, 1.807) is 6.92 Å². The molecule has 0 aliphatic heterocycles. The molecule has 0 bridgehead atoms. The molecule has 0 fully saturated rings. The first-order valence-corrected chi connectivity index (χ1v) is 2.57. The van der Waals surface area contributed by atoms with Crippen molar-refractivity contribution in [3.8, 4) is 0 Å². The average molecular weight is 129 g/mol. The van der Waals surface area contributed by atoms with E-state index in [4.69, 9.17) is 0 Å². The van der Waals surface area contributed by atoms with E-state index < -0.39 is 6.17 Å². The molecule has 2 amide bonds. The van der Waals surface area contributed by atoms with Gasteiger partial charge in [0.15, 0.2) is 0 Å². The van der Waals surface area contributed by atoms with Crippen LogP contribution in [0.2, 0.25) is 0 Å². The topological polar surface area (TPSA) is 60.3 Å². The minimum absolute atomic E-state index is 0.187. The molecular formula is C5H9N2O2. The van der Waals surface area contributed by atoms with Gasteiger partial charge in [-0.05, 0) is 6.92 Å². The first kappa shape index (κ1) is 7.94. The first-order chi connectivity index (χ1) is 4.16. The molecule has 0 aromatic rings. The molecule has 1 radical (unpaired) electrons. The summed E-state index contributed by atoms with van der Waals surface area (Å²) in [7, 11) is 0. The fourth-order valence-electron chi connectivity index (χ4n) is 0.423. The Morgan fingerprint density at radius 1 is 1.78 bits per heavy atom. The van der Waals surface area contributed by atoms with Crippen LogP contribution in [0.1, 0.15) is 13.8 Å². The summed E-state index contributed by atoms with van der Waals surface area (Å²) < 4.78 is 0. The Hall–Kier alpha value is -1.06. The molecule has 51 valence electrons. The molecule has 0 rings (SSSR count). The van der Waals surface area contributed by atoms with Crippen molar-refractivity contribution >= 4 is 12.3 Å². The second-order valence-electron chi connectivity index (χ2n) is 1.63. The van der Waals surface area contributed by atoms with Gasteiger partial charge in [-0.15, -0.1) is 0 Å². The van der Waals surface area contributed by atoms with Gasteiger partial charge in [0.25, 0.3) is 0 Å². The molecule has 0 aromatic heterocycles. The van der Waals surface area contributed by atoms with Gasteiger partial charge in [-0.1, -0.05) is 0 Å². The number of hydrogen-bond donors (Lipinski definition) is 1. The molecular weight excluding hydrogens is 120 g/mol. The minimum atomic E-state index is -0.403. The monoisotopic (exact) mass is 129 g/mol. The van der Waals surface area contributed by atoms with E-state index in [2.05, 4.69) is 10.6 Å². The molecule has 9 heavy (non-hydrogen) atoms. The minimum Gasteiger partial charge on any atom is -0.335 e. The Morgan fingerprint density at radius 3 is 2.67 bits per heavy atom. The van der Waals surface area contributed by atoms with Crippen LogP contribution in [0.4, 0.5) is 0 Å². The summed E-state index contributed by atoms with van der Waals surface area (Å²) >= 11 is 0. The van der Waals surface area contributed by atoms with Gasteiger partial charge in [0.05, 0.1) is 0 Å². The van der Waals surface area contributed by atoms with E-state index in [-0.39, 0.29) is 5.91 Å². The third-order valence-corrected chi connectivity index (χ3v) is 0.697. The SMILES string of the molecule is CC(=O)NC(C)[N]C=O. The predicted molar refractivity (Wildman–Crippen MR) is 31.5 cm³/mol. The first-order valence-electron chi connectivity index (χ1n) is 2.57. The quantitative estimate of drug-likeness (QED) is 0.508. The van der Waals surface area contributed by atoms with E-state index in [1.807, 2.05) is 0 Å². The van der Waals surface area contributed by atoms with Crippen molar-refractivity contribution in [2.45, 2.75) is 20.0 Å². The Kier molecular flexibility index (Phi) is 3.43. The van der Waals surface area contributed by atoms with Gasteiger partial charge in [-0.3, -0.25) is 9.59 Å². The second-order valence-corrected chi connectivity index (χ2v) is 1.63. The van der Waals surface area contributed by atoms with E-state index in [1.165, 1.54) is 6.92 Å². The molecule has 1 unspecified atom stereocenters. The summed E-state index contributed by atoms with van der Waals surface area (Å²) in [5, 5.41) is 5.76. The van der Waals surface area contributed by atoms with Crippen LogP contribution in [0.3, 0.4) is 0 Å². The number of nitrogens with zero attached hydrogens (tertiary/aromatic N) is 1. The highest BCUT2D eigenvalue weighted by Crippen LogP contribution is 1.72. The number of nitrogens with one attached hydrogen (secondary N) is 1. The Balaban J connectivity index is 3.37. The van der Waals surface area contributed by atoms with Crippen LogP contribution >= 0.6 is 0 Å². The molecule has 0 heterocycles. The summed E-state index contributed by atoms with van der Waals surface area (Å²) in [5.74, 6) is -0.187. The lowest BCUT2D eigenvalue weighted by atomic mass is 10.5. The van der Waals surface area contributed by atoms with Gasteiger partial charge in [0, 0.05) is 6.92 Å². The third kappa shape index (κ3) is 4.80. The van der Waals surface area contributed by atoms with Crippen molar-refractivity contribution in [2.24, 2.45) is 0 Å². The van der Waals surface area contributed by atoms with Gasteiger partial charge < -0.3 is 5.32 Å². The zero-order chi connectivity index (χ0) is 7.28. The maximum atomic E-state index is 10.2. The third-order valence-electron chi connectivity index (χ3n) is 0.697. The zero-order valence-electron chi connectivity index (χ0n) is 5.42. The van der Waals surface area contributed by atoms with E-state index in [0.29, 0.717) is 6.41 Å². The molecule has 0 saturated heterocycles. The van der Waals surface area contributed by atoms with Gasteiger partial charge in [-0.2, -0.15) is 0 Å². The molecule has 0 saturated carbocycles. The lowest BCUT2D eigenvalue weighted by molar-refractivity contribution is -0.120. The van der Waals surface area contributed by atoms with E-state index in [9.17, 15) is 9.59 Å². The fraction of sp³-hybridized carbons (Fsp3) is 0.600. The normalized spacial score (nSPS) is 11.8. The molecule has 4 heteroatoms. The number of rotatable bonds is 3. The van der Waals surface area contributed by atoms with Crippen molar-refractivity contribution < 1.29 is 9.59 Å². The largest absolute Gasteiger partial charge is 0.335 e. The van der Waals surface area contributed by atoms with Crippen LogP contribution in [-0.4, -0.2) is 18.5 Å². The van der Waals surface area contributed by atoms with Crippen molar-refractivity contribution in [2.75, 3.05) is 0 Å².